The van der Waals surface area contributed by atoms with Crippen molar-refractivity contribution in [2.45, 2.75) is 13.8 Å². The maximum Gasteiger partial charge on any atom is 0.344 e. The first kappa shape index (κ1) is 8.99. The van der Waals surface area contributed by atoms with Gasteiger partial charge in [-0.05, 0) is 0 Å². The van der Waals surface area contributed by atoms with Gasteiger partial charge in [0.2, 0.25) is 0 Å². The van der Waals surface area contributed by atoms with Crippen molar-refractivity contribution in [2.24, 2.45) is 5.92 Å². The summed E-state index contributed by atoms with van der Waals surface area (Å²) in [5.41, 5.74) is 0. The molecule has 0 saturated carbocycles. The average Bonchev–Trinajstić information content (AvgIpc) is 1.88. The van der Waals surface area contributed by atoms with Gasteiger partial charge in [-0.15, -0.1) is 6.42 Å². The van der Waals surface area contributed by atoms with Crippen molar-refractivity contribution in [1.82, 2.24) is 0 Å². The van der Waals surface area contributed by atoms with E-state index in [0.29, 0.717) is 0 Å². The Balaban J connectivity index is 3.33. The number of rotatable bonds is 3. The van der Waals surface area contributed by atoms with Gasteiger partial charge in [0.05, 0.1) is 5.92 Å². The van der Waals surface area contributed by atoms with Crippen molar-refractivity contribution >= 4 is 5.97 Å². The van der Waals surface area contributed by atoms with E-state index in [-0.39, 0.29) is 12.5 Å². The fourth-order valence-corrected chi connectivity index (χ4v) is 0.218. The third kappa shape index (κ3) is 3.93. The summed E-state index contributed by atoms with van der Waals surface area (Å²) in [6.07, 6.45) is 4.82. The molecule has 3 heteroatoms. The lowest BCUT2D eigenvalue weighted by atomic mass is 10.2. The second-order valence-corrected chi connectivity index (χ2v) is 2.02. The molecule has 0 heterocycles. The molecular formula is C7H10O3. The Hall–Kier alpha value is -1.01. The van der Waals surface area contributed by atoms with Crippen molar-refractivity contribution in [2.75, 3.05) is 6.61 Å². The van der Waals surface area contributed by atoms with E-state index in [9.17, 15) is 4.79 Å². The third-order valence-electron chi connectivity index (χ3n) is 0.755. The lowest BCUT2D eigenvalue weighted by Crippen LogP contribution is -2.11. The number of carbonyl (C=O) groups is 1. The Bertz CT molecular complexity index is 143. The fraction of sp³-hybridized carbons (Fsp3) is 0.571. The van der Waals surface area contributed by atoms with Crippen molar-refractivity contribution in [3.63, 3.8) is 0 Å². The zero-order chi connectivity index (χ0) is 7.98. The van der Waals surface area contributed by atoms with Gasteiger partial charge in [0.15, 0.2) is 6.61 Å². The Morgan fingerprint density at radius 3 is 2.70 bits per heavy atom. The van der Waals surface area contributed by atoms with E-state index >= 15 is 0 Å². The molecule has 0 aliphatic heterocycles. The third-order valence-corrected chi connectivity index (χ3v) is 0.755. The lowest BCUT2D eigenvalue weighted by Gasteiger charge is -2.01. The van der Waals surface area contributed by atoms with E-state index in [1.54, 1.807) is 13.8 Å². The highest BCUT2D eigenvalue weighted by Gasteiger charge is 2.08. The van der Waals surface area contributed by atoms with E-state index < -0.39 is 5.97 Å². The Morgan fingerprint density at radius 2 is 2.30 bits per heavy atom. The van der Waals surface area contributed by atoms with Gasteiger partial charge in [0.25, 0.3) is 0 Å². The van der Waals surface area contributed by atoms with Crippen LogP contribution in [0, 0.1) is 18.3 Å². The first-order chi connectivity index (χ1) is 4.68. The predicted octanol–water partition coefficient (Wildman–Crippen LogP) is 0.750. The highest BCUT2D eigenvalue weighted by Crippen LogP contribution is 1.95. The SMILES string of the molecule is C#CCOOC(=O)C(C)C. The number of terminal acetylenes is 1. The van der Waals surface area contributed by atoms with Crippen LogP contribution in [0.25, 0.3) is 0 Å². The summed E-state index contributed by atoms with van der Waals surface area (Å²) in [6.45, 7) is 3.42. The quantitative estimate of drug-likeness (QED) is 0.252. The van der Waals surface area contributed by atoms with Crippen LogP contribution < -0.4 is 0 Å². The van der Waals surface area contributed by atoms with Crippen molar-refractivity contribution in [3.05, 3.63) is 0 Å². The molecule has 56 valence electrons. The number of hydrogen-bond donors (Lipinski definition) is 0. The van der Waals surface area contributed by atoms with E-state index in [4.69, 9.17) is 6.42 Å². The summed E-state index contributed by atoms with van der Waals surface area (Å²) in [7, 11) is 0. The first-order valence-corrected chi connectivity index (χ1v) is 2.95. The molecule has 0 radical (unpaired) electrons. The van der Waals surface area contributed by atoms with Gasteiger partial charge in [-0.3, -0.25) is 4.89 Å². The van der Waals surface area contributed by atoms with E-state index in [1.807, 2.05) is 0 Å². The van der Waals surface area contributed by atoms with Crippen LogP contribution in [0.15, 0.2) is 0 Å². The Kier molecular flexibility index (Phi) is 4.34. The molecule has 0 aromatic carbocycles. The van der Waals surface area contributed by atoms with E-state index in [2.05, 4.69) is 15.7 Å². The van der Waals surface area contributed by atoms with Crippen LogP contribution in [0.2, 0.25) is 0 Å². The topological polar surface area (TPSA) is 35.5 Å². The molecule has 0 aromatic rings. The van der Waals surface area contributed by atoms with Gasteiger partial charge in [-0.25, -0.2) is 4.79 Å². The second-order valence-electron chi connectivity index (χ2n) is 2.02. The zero-order valence-corrected chi connectivity index (χ0v) is 6.09. The molecule has 0 bridgehead atoms. The maximum atomic E-state index is 10.6. The molecular weight excluding hydrogens is 132 g/mol. The molecule has 0 amide bonds. The predicted molar refractivity (Wildman–Crippen MR) is 35.7 cm³/mol. The van der Waals surface area contributed by atoms with Crippen molar-refractivity contribution in [3.8, 4) is 12.3 Å². The molecule has 0 rings (SSSR count). The minimum atomic E-state index is -0.407. The molecule has 0 spiro atoms. The molecule has 3 nitrogen and oxygen atoms in total. The fourth-order valence-electron chi connectivity index (χ4n) is 0.218. The van der Waals surface area contributed by atoms with E-state index in [0.717, 1.165) is 0 Å². The summed E-state index contributed by atoms with van der Waals surface area (Å²) in [5, 5.41) is 0. The van der Waals surface area contributed by atoms with Gasteiger partial charge in [-0.2, -0.15) is 4.89 Å². The monoisotopic (exact) mass is 142 g/mol. The Labute approximate surface area is 60.2 Å². The average molecular weight is 142 g/mol. The summed E-state index contributed by atoms with van der Waals surface area (Å²) >= 11 is 0. The van der Waals surface area contributed by atoms with Crippen LogP contribution >= 0.6 is 0 Å². The lowest BCUT2D eigenvalue weighted by molar-refractivity contribution is -0.267. The number of carbonyl (C=O) groups excluding carboxylic acids is 1. The van der Waals surface area contributed by atoms with Crippen LogP contribution in [-0.4, -0.2) is 12.6 Å². The largest absolute Gasteiger partial charge is 0.344 e. The van der Waals surface area contributed by atoms with Crippen LogP contribution in [0.1, 0.15) is 13.8 Å². The van der Waals surface area contributed by atoms with Gasteiger partial charge < -0.3 is 0 Å². The van der Waals surface area contributed by atoms with Crippen molar-refractivity contribution in [1.29, 1.82) is 0 Å². The zero-order valence-electron chi connectivity index (χ0n) is 6.09. The summed E-state index contributed by atoms with van der Waals surface area (Å²) < 4.78 is 0. The highest BCUT2D eigenvalue weighted by molar-refractivity contribution is 5.70. The summed E-state index contributed by atoms with van der Waals surface area (Å²) in [6, 6.07) is 0. The molecule has 0 aliphatic carbocycles. The molecule has 0 aliphatic rings. The normalized spacial score (nSPS) is 9.00. The smallest absolute Gasteiger partial charge is 0.297 e. The molecule has 0 atom stereocenters. The van der Waals surface area contributed by atoms with Gasteiger partial charge >= 0.3 is 5.97 Å². The summed E-state index contributed by atoms with van der Waals surface area (Å²) in [4.78, 5) is 19.2. The first-order valence-electron chi connectivity index (χ1n) is 2.95. The van der Waals surface area contributed by atoms with Crippen LogP contribution in [0.5, 0.6) is 0 Å². The van der Waals surface area contributed by atoms with Gasteiger partial charge in [0.1, 0.15) is 0 Å². The van der Waals surface area contributed by atoms with E-state index in [1.165, 1.54) is 0 Å². The van der Waals surface area contributed by atoms with Crippen molar-refractivity contribution < 1.29 is 14.6 Å². The highest BCUT2D eigenvalue weighted by atomic mass is 17.2. The Morgan fingerprint density at radius 1 is 1.70 bits per heavy atom. The van der Waals surface area contributed by atoms with Crippen LogP contribution in [0.4, 0.5) is 0 Å². The van der Waals surface area contributed by atoms with Gasteiger partial charge in [0, 0.05) is 0 Å². The minimum Gasteiger partial charge on any atom is -0.297 e. The molecule has 0 aromatic heterocycles. The molecule has 0 fully saturated rings. The molecule has 0 unspecified atom stereocenters. The molecule has 0 saturated heterocycles. The maximum absolute atomic E-state index is 10.6. The summed E-state index contributed by atoms with van der Waals surface area (Å²) in [5.74, 6) is 1.57. The van der Waals surface area contributed by atoms with Crippen LogP contribution in [-0.2, 0) is 14.6 Å². The minimum absolute atomic E-state index is 0.00153. The van der Waals surface area contributed by atoms with Gasteiger partial charge in [-0.1, -0.05) is 19.8 Å². The number of hydrogen-bond acceptors (Lipinski definition) is 3. The molecule has 0 N–H and O–H groups in total. The second kappa shape index (κ2) is 4.83. The van der Waals surface area contributed by atoms with Crippen LogP contribution in [0.3, 0.4) is 0 Å². The standard InChI is InChI=1S/C7H10O3/c1-4-5-9-10-7(8)6(2)3/h1,6H,5H2,2-3H3. The molecule has 10 heavy (non-hydrogen) atoms.